The van der Waals surface area contributed by atoms with E-state index in [-0.39, 0.29) is 0 Å². The molecule has 1 saturated heterocycles. The highest BCUT2D eigenvalue weighted by molar-refractivity contribution is 5.71. The summed E-state index contributed by atoms with van der Waals surface area (Å²) >= 11 is 0. The first-order valence-electron chi connectivity index (χ1n) is 8.36. The summed E-state index contributed by atoms with van der Waals surface area (Å²) in [5.74, 6) is 1.15. The number of imidazole rings is 1. The van der Waals surface area contributed by atoms with Crippen molar-refractivity contribution in [2.45, 2.75) is 45.2 Å². The van der Waals surface area contributed by atoms with Crippen LogP contribution >= 0.6 is 0 Å². The Morgan fingerprint density at radius 1 is 1.36 bits per heavy atom. The van der Waals surface area contributed by atoms with Crippen LogP contribution in [0.3, 0.4) is 0 Å². The van der Waals surface area contributed by atoms with Gasteiger partial charge in [0, 0.05) is 32.3 Å². The molecule has 1 aliphatic rings. The lowest BCUT2D eigenvalue weighted by atomic mass is 9.99. The van der Waals surface area contributed by atoms with Gasteiger partial charge in [-0.15, -0.1) is 0 Å². The van der Waals surface area contributed by atoms with Gasteiger partial charge < -0.3 is 14.2 Å². The predicted octanol–water partition coefficient (Wildman–Crippen LogP) is 2.49. The van der Waals surface area contributed by atoms with Crippen LogP contribution < -0.4 is 0 Å². The molecule has 1 fully saturated rings. The molecular weight excluding hydrogens is 276 g/mol. The first-order chi connectivity index (χ1) is 10.8. The van der Waals surface area contributed by atoms with Gasteiger partial charge in [-0.05, 0) is 38.1 Å². The maximum atomic E-state index is 5.26. The molecule has 5 heteroatoms. The molecule has 3 rings (SSSR count). The van der Waals surface area contributed by atoms with Crippen LogP contribution in [0.5, 0.6) is 0 Å². The van der Waals surface area contributed by atoms with Gasteiger partial charge in [0.15, 0.2) is 5.65 Å². The fourth-order valence-electron chi connectivity index (χ4n) is 3.50. The van der Waals surface area contributed by atoms with Crippen molar-refractivity contribution in [1.29, 1.82) is 0 Å². The Labute approximate surface area is 132 Å². The summed E-state index contributed by atoms with van der Waals surface area (Å²) in [5.41, 5.74) is 1.97. The maximum absolute atomic E-state index is 5.26. The van der Waals surface area contributed by atoms with Gasteiger partial charge in [-0.2, -0.15) is 0 Å². The van der Waals surface area contributed by atoms with E-state index in [4.69, 9.17) is 9.72 Å². The molecule has 1 atom stereocenters. The molecule has 0 saturated carbocycles. The molecule has 2 aromatic heterocycles. The quantitative estimate of drug-likeness (QED) is 0.822. The summed E-state index contributed by atoms with van der Waals surface area (Å²) in [6.45, 7) is 6.11. The Morgan fingerprint density at radius 3 is 3.09 bits per heavy atom. The van der Waals surface area contributed by atoms with Gasteiger partial charge in [0.2, 0.25) is 0 Å². The predicted molar refractivity (Wildman–Crippen MR) is 88.0 cm³/mol. The molecule has 0 radical (unpaired) electrons. The van der Waals surface area contributed by atoms with Gasteiger partial charge in [-0.3, -0.25) is 0 Å². The van der Waals surface area contributed by atoms with Crippen LogP contribution in [0.1, 0.15) is 32.0 Å². The van der Waals surface area contributed by atoms with E-state index in [0.717, 1.165) is 36.5 Å². The molecule has 1 aliphatic heterocycles. The number of fused-ring (bicyclic) bond motifs is 1. The number of rotatable bonds is 6. The van der Waals surface area contributed by atoms with E-state index in [1.807, 2.05) is 18.3 Å². The van der Waals surface area contributed by atoms with E-state index in [2.05, 4.69) is 21.4 Å². The number of hydrogen-bond acceptors (Lipinski definition) is 4. The van der Waals surface area contributed by atoms with Gasteiger partial charge in [0.05, 0.1) is 6.61 Å². The molecule has 5 nitrogen and oxygen atoms in total. The lowest BCUT2D eigenvalue weighted by Crippen LogP contribution is -2.41. The first kappa shape index (κ1) is 15.4. The van der Waals surface area contributed by atoms with Crippen molar-refractivity contribution in [2.75, 3.05) is 26.8 Å². The normalized spacial score (nSPS) is 19.8. The topological polar surface area (TPSA) is 43.2 Å². The molecule has 0 spiro atoms. The highest BCUT2D eigenvalue weighted by atomic mass is 16.5. The number of piperidine rings is 1. The molecule has 22 heavy (non-hydrogen) atoms. The number of likely N-dealkylation sites (tertiary alicyclic amines) is 1. The van der Waals surface area contributed by atoms with E-state index in [1.165, 1.54) is 25.8 Å². The van der Waals surface area contributed by atoms with Crippen LogP contribution in [-0.4, -0.2) is 52.3 Å². The molecule has 0 bridgehead atoms. The van der Waals surface area contributed by atoms with Crippen molar-refractivity contribution in [3.8, 4) is 0 Å². The van der Waals surface area contributed by atoms with E-state index in [0.29, 0.717) is 12.6 Å². The zero-order chi connectivity index (χ0) is 15.4. The molecule has 0 N–H and O–H groups in total. The first-order valence-corrected chi connectivity index (χ1v) is 8.36. The van der Waals surface area contributed by atoms with Gasteiger partial charge >= 0.3 is 0 Å². The Morgan fingerprint density at radius 2 is 2.27 bits per heavy atom. The van der Waals surface area contributed by atoms with Crippen LogP contribution in [0, 0.1) is 0 Å². The molecule has 1 unspecified atom stereocenters. The van der Waals surface area contributed by atoms with Crippen LogP contribution in [0.15, 0.2) is 18.3 Å². The Kier molecular flexibility index (Phi) is 5.05. The lowest BCUT2D eigenvalue weighted by molar-refractivity contribution is 0.151. The van der Waals surface area contributed by atoms with Crippen molar-refractivity contribution in [3.05, 3.63) is 24.2 Å². The second-order valence-electron chi connectivity index (χ2n) is 6.00. The van der Waals surface area contributed by atoms with Crippen molar-refractivity contribution in [2.24, 2.45) is 0 Å². The number of likely N-dealkylation sites (N-methyl/N-ethyl adjacent to an activating group) is 1. The third kappa shape index (κ3) is 3.15. The minimum atomic E-state index is 0.608. The molecular formula is C17H26N4O. The second kappa shape index (κ2) is 7.20. The van der Waals surface area contributed by atoms with E-state index < -0.39 is 0 Å². The van der Waals surface area contributed by atoms with Gasteiger partial charge in [-0.25, -0.2) is 9.97 Å². The summed E-state index contributed by atoms with van der Waals surface area (Å²) in [6.07, 6.45) is 6.78. The van der Waals surface area contributed by atoms with E-state index in [1.54, 1.807) is 7.11 Å². The molecule has 0 aliphatic carbocycles. The Bertz CT molecular complexity index is 610. The standard InChI is InChI=1S/C17H26N4O/c1-3-20-10-5-4-7-14(20)13-16-19-15-8-6-9-18-17(15)21(16)11-12-22-2/h6,8-9,14H,3-5,7,10-13H2,1-2H3. The smallest absolute Gasteiger partial charge is 0.160 e. The lowest BCUT2D eigenvalue weighted by Gasteiger charge is -2.34. The molecule has 3 heterocycles. The highest BCUT2D eigenvalue weighted by Gasteiger charge is 2.24. The Balaban J connectivity index is 1.88. The summed E-state index contributed by atoms with van der Waals surface area (Å²) < 4.78 is 7.50. The monoisotopic (exact) mass is 302 g/mol. The second-order valence-corrected chi connectivity index (χ2v) is 6.00. The number of pyridine rings is 1. The third-order valence-corrected chi connectivity index (χ3v) is 4.68. The maximum Gasteiger partial charge on any atom is 0.160 e. The zero-order valence-corrected chi connectivity index (χ0v) is 13.7. The highest BCUT2D eigenvalue weighted by Crippen LogP contribution is 2.22. The number of ether oxygens (including phenoxy) is 1. The van der Waals surface area contributed by atoms with Gasteiger partial charge in [-0.1, -0.05) is 13.3 Å². The van der Waals surface area contributed by atoms with Crippen LogP contribution in [-0.2, 0) is 17.7 Å². The summed E-state index contributed by atoms with van der Waals surface area (Å²) in [5, 5.41) is 0. The van der Waals surface area contributed by atoms with Gasteiger partial charge in [0.1, 0.15) is 11.3 Å². The van der Waals surface area contributed by atoms with Crippen molar-refractivity contribution < 1.29 is 4.74 Å². The van der Waals surface area contributed by atoms with Crippen LogP contribution in [0.4, 0.5) is 0 Å². The number of nitrogens with zero attached hydrogens (tertiary/aromatic N) is 4. The fourth-order valence-corrected chi connectivity index (χ4v) is 3.50. The number of hydrogen-bond donors (Lipinski definition) is 0. The summed E-state index contributed by atoms with van der Waals surface area (Å²) in [6, 6.07) is 4.61. The molecule has 0 amide bonds. The van der Waals surface area contributed by atoms with Gasteiger partial charge in [0.25, 0.3) is 0 Å². The molecule has 0 aromatic carbocycles. The van der Waals surface area contributed by atoms with E-state index >= 15 is 0 Å². The van der Waals surface area contributed by atoms with Crippen molar-refractivity contribution >= 4 is 11.2 Å². The molecule has 2 aromatic rings. The fraction of sp³-hybridized carbons (Fsp3) is 0.647. The van der Waals surface area contributed by atoms with Crippen LogP contribution in [0.2, 0.25) is 0 Å². The Hall–Kier alpha value is -1.46. The summed E-state index contributed by atoms with van der Waals surface area (Å²) in [7, 11) is 1.74. The van der Waals surface area contributed by atoms with Crippen molar-refractivity contribution in [3.63, 3.8) is 0 Å². The average molecular weight is 302 g/mol. The number of aromatic nitrogens is 3. The minimum absolute atomic E-state index is 0.608. The average Bonchev–Trinajstić information content (AvgIpc) is 2.90. The zero-order valence-electron chi connectivity index (χ0n) is 13.7. The summed E-state index contributed by atoms with van der Waals surface area (Å²) in [4.78, 5) is 12.0. The minimum Gasteiger partial charge on any atom is -0.383 e. The SMILES string of the molecule is CCN1CCCCC1Cc1nc2cccnc2n1CCOC. The molecule has 120 valence electrons. The van der Waals surface area contributed by atoms with E-state index in [9.17, 15) is 0 Å². The van der Waals surface area contributed by atoms with Crippen LogP contribution in [0.25, 0.3) is 11.2 Å². The van der Waals surface area contributed by atoms with Crippen molar-refractivity contribution in [1.82, 2.24) is 19.4 Å². The third-order valence-electron chi connectivity index (χ3n) is 4.68. The largest absolute Gasteiger partial charge is 0.383 e. The number of methoxy groups -OCH3 is 1.